The molecule has 2 unspecified atom stereocenters. The molecule has 0 spiro atoms. The van der Waals surface area contributed by atoms with E-state index in [0.717, 1.165) is 45.1 Å². The maximum Gasteiger partial charge on any atom is 0.220 e. The lowest BCUT2D eigenvalue weighted by Gasteiger charge is -2.35. The molecule has 2 aliphatic heterocycles. The predicted molar refractivity (Wildman–Crippen MR) is 111 cm³/mol. The summed E-state index contributed by atoms with van der Waals surface area (Å²) in [7, 11) is 1.68. The SMILES string of the molecule is COc1ccc(C(CNC(=O)CC(C)C2CCNCC2)N2CCOCC2)cc1. The Balaban J connectivity index is 1.57. The molecule has 1 aromatic rings. The van der Waals surface area contributed by atoms with Crippen molar-refractivity contribution in [2.24, 2.45) is 11.8 Å². The first kappa shape index (κ1) is 21.1. The van der Waals surface area contributed by atoms with E-state index < -0.39 is 0 Å². The molecule has 3 rings (SSSR count). The van der Waals surface area contributed by atoms with Gasteiger partial charge in [-0.1, -0.05) is 19.1 Å². The highest BCUT2D eigenvalue weighted by molar-refractivity contribution is 5.76. The summed E-state index contributed by atoms with van der Waals surface area (Å²) in [5.74, 6) is 2.11. The Hall–Kier alpha value is -1.63. The summed E-state index contributed by atoms with van der Waals surface area (Å²) in [4.78, 5) is 15.0. The van der Waals surface area contributed by atoms with Crippen LogP contribution < -0.4 is 15.4 Å². The van der Waals surface area contributed by atoms with Gasteiger partial charge in [0.05, 0.1) is 26.4 Å². The molecular weight excluding hydrogens is 354 g/mol. The molecule has 1 amide bonds. The number of hydrogen-bond donors (Lipinski definition) is 2. The minimum Gasteiger partial charge on any atom is -0.497 e. The van der Waals surface area contributed by atoms with Crippen molar-refractivity contribution >= 4 is 5.91 Å². The van der Waals surface area contributed by atoms with E-state index in [1.54, 1.807) is 7.11 Å². The van der Waals surface area contributed by atoms with E-state index in [9.17, 15) is 4.79 Å². The molecule has 2 fully saturated rings. The third kappa shape index (κ3) is 5.93. The van der Waals surface area contributed by atoms with E-state index in [0.29, 0.717) is 24.8 Å². The van der Waals surface area contributed by atoms with Crippen LogP contribution in [0.4, 0.5) is 0 Å². The topological polar surface area (TPSA) is 62.8 Å². The average molecular weight is 390 g/mol. The van der Waals surface area contributed by atoms with Crippen LogP contribution in [0.15, 0.2) is 24.3 Å². The molecule has 2 aliphatic rings. The molecule has 156 valence electrons. The number of carbonyl (C=O) groups is 1. The maximum absolute atomic E-state index is 12.6. The zero-order chi connectivity index (χ0) is 19.8. The Morgan fingerprint density at radius 3 is 2.57 bits per heavy atom. The quantitative estimate of drug-likeness (QED) is 0.714. The number of piperidine rings is 1. The number of nitrogens with zero attached hydrogens (tertiary/aromatic N) is 1. The zero-order valence-corrected chi connectivity index (χ0v) is 17.3. The van der Waals surface area contributed by atoms with Gasteiger partial charge in [0.1, 0.15) is 5.75 Å². The second-order valence-electron chi connectivity index (χ2n) is 8.01. The van der Waals surface area contributed by atoms with Gasteiger partial charge in [0.15, 0.2) is 0 Å². The molecule has 0 radical (unpaired) electrons. The first-order valence-corrected chi connectivity index (χ1v) is 10.6. The summed E-state index contributed by atoms with van der Waals surface area (Å²) < 4.78 is 10.8. The van der Waals surface area contributed by atoms with Gasteiger partial charge in [-0.25, -0.2) is 0 Å². The monoisotopic (exact) mass is 389 g/mol. The average Bonchev–Trinajstić information content (AvgIpc) is 2.75. The van der Waals surface area contributed by atoms with Crippen molar-refractivity contribution in [3.63, 3.8) is 0 Å². The maximum atomic E-state index is 12.6. The Kier molecular flexibility index (Phi) is 8.13. The van der Waals surface area contributed by atoms with Crippen molar-refractivity contribution in [3.8, 4) is 5.75 Å². The summed E-state index contributed by atoms with van der Waals surface area (Å²) in [5, 5.41) is 6.61. The molecule has 6 heteroatoms. The Morgan fingerprint density at radius 1 is 1.25 bits per heavy atom. The molecule has 28 heavy (non-hydrogen) atoms. The highest BCUT2D eigenvalue weighted by Gasteiger charge is 2.25. The number of morpholine rings is 1. The van der Waals surface area contributed by atoms with Crippen molar-refractivity contribution in [1.29, 1.82) is 0 Å². The second-order valence-corrected chi connectivity index (χ2v) is 8.01. The fourth-order valence-corrected chi connectivity index (χ4v) is 4.33. The summed E-state index contributed by atoms with van der Waals surface area (Å²) in [5.41, 5.74) is 1.20. The predicted octanol–water partition coefficient (Wildman–Crippen LogP) is 2.21. The van der Waals surface area contributed by atoms with Gasteiger partial charge in [0.2, 0.25) is 5.91 Å². The summed E-state index contributed by atoms with van der Waals surface area (Å²) in [6.07, 6.45) is 2.97. The molecule has 2 heterocycles. The van der Waals surface area contributed by atoms with Gasteiger partial charge in [-0.3, -0.25) is 9.69 Å². The normalized spacial score (nSPS) is 21.1. The van der Waals surface area contributed by atoms with E-state index in [-0.39, 0.29) is 11.9 Å². The van der Waals surface area contributed by atoms with Crippen LogP contribution in [0.1, 0.15) is 37.8 Å². The lowest BCUT2D eigenvalue weighted by atomic mass is 9.84. The summed E-state index contributed by atoms with van der Waals surface area (Å²) >= 11 is 0. The van der Waals surface area contributed by atoms with Crippen LogP contribution in [0.3, 0.4) is 0 Å². The fraction of sp³-hybridized carbons (Fsp3) is 0.682. The number of benzene rings is 1. The van der Waals surface area contributed by atoms with Crippen LogP contribution >= 0.6 is 0 Å². The van der Waals surface area contributed by atoms with Gasteiger partial charge >= 0.3 is 0 Å². The molecule has 0 bridgehead atoms. The molecule has 2 atom stereocenters. The van der Waals surface area contributed by atoms with Gasteiger partial charge in [-0.05, 0) is 55.5 Å². The van der Waals surface area contributed by atoms with Crippen molar-refractivity contribution in [2.75, 3.05) is 53.0 Å². The van der Waals surface area contributed by atoms with E-state index in [4.69, 9.17) is 9.47 Å². The molecular formula is C22H35N3O3. The third-order valence-corrected chi connectivity index (χ3v) is 6.18. The van der Waals surface area contributed by atoms with Crippen molar-refractivity contribution in [3.05, 3.63) is 29.8 Å². The number of methoxy groups -OCH3 is 1. The van der Waals surface area contributed by atoms with E-state index in [1.807, 2.05) is 12.1 Å². The summed E-state index contributed by atoms with van der Waals surface area (Å²) in [6.45, 7) is 8.26. The molecule has 0 aromatic heterocycles. The number of ether oxygens (including phenoxy) is 2. The van der Waals surface area contributed by atoms with Crippen LogP contribution in [0, 0.1) is 11.8 Å². The highest BCUT2D eigenvalue weighted by atomic mass is 16.5. The van der Waals surface area contributed by atoms with Crippen LogP contribution in [0.5, 0.6) is 5.75 Å². The fourth-order valence-electron chi connectivity index (χ4n) is 4.33. The van der Waals surface area contributed by atoms with Crippen LogP contribution in [-0.2, 0) is 9.53 Å². The number of carbonyl (C=O) groups excluding carboxylic acids is 1. The smallest absolute Gasteiger partial charge is 0.220 e. The largest absolute Gasteiger partial charge is 0.497 e. The standard InChI is InChI=1S/C22H35N3O3/c1-17(18-7-9-23-10-8-18)15-22(26)24-16-21(25-11-13-28-14-12-25)19-3-5-20(27-2)6-4-19/h3-6,17-18,21,23H,7-16H2,1-2H3,(H,24,26). The molecule has 2 N–H and O–H groups in total. The molecule has 2 saturated heterocycles. The first-order valence-electron chi connectivity index (χ1n) is 10.6. The molecule has 0 aliphatic carbocycles. The van der Waals surface area contributed by atoms with Crippen LogP contribution in [0.2, 0.25) is 0 Å². The van der Waals surface area contributed by atoms with Gasteiger partial charge in [-0.2, -0.15) is 0 Å². The van der Waals surface area contributed by atoms with Crippen LogP contribution in [0.25, 0.3) is 0 Å². The van der Waals surface area contributed by atoms with Gasteiger partial charge in [0, 0.05) is 26.1 Å². The van der Waals surface area contributed by atoms with Gasteiger partial charge in [-0.15, -0.1) is 0 Å². The molecule has 1 aromatic carbocycles. The number of hydrogen-bond acceptors (Lipinski definition) is 5. The second kappa shape index (κ2) is 10.8. The molecule has 0 saturated carbocycles. The zero-order valence-electron chi connectivity index (χ0n) is 17.3. The van der Waals surface area contributed by atoms with Crippen molar-refractivity contribution < 1.29 is 14.3 Å². The van der Waals surface area contributed by atoms with Crippen LogP contribution in [-0.4, -0.2) is 63.9 Å². The molecule has 6 nitrogen and oxygen atoms in total. The van der Waals surface area contributed by atoms with Crippen molar-refractivity contribution in [2.45, 2.75) is 32.2 Å². The summed E-state index contributed by atoms with van der Waals surface area (Å²) in [6, 6.07) is 8.34. The minimum absolute atomic E-state index is 0.160. The first-order chi connectivity index (χ1) is 13.7. The van der Waals surface area contributed by atoms with Gasteiger partial charge < -0.3 is 20.1 Å². The highest BCUT2D eigenvalue weighted by Crippen LogP contribution is 2.26. The van der Waals surface area contributed by atoms with E-state index in [2.05, 4.69) is 34.6 Å². The Morgan fingerprint density at radius 2 is 1.93 bits per heavy atom. The van der Waals surface area contributed by atoms with Crippen molar-refractivity contribution in [1.82, 2.24) is 15.5 Å². The lowest BCUT2D eigenvalue weighted by Crippen LogP contribution is -2.44. The third-order valence-electron chi connectivity index (χ3n) is 6.18. The van der Waals surface area contributed by atoms with E-state index in [1.165, 1.54) is 18.4 Å². The minimum atomic E-state index is 0.160. The number of rotatable bonds is 8. The Labute approximate surface area is 169 Å². The lowest BCUT2D eigenvalue weighted by molar-refractivity contribution is -0.122. The number of nitrogens with one attached hydrogen (secondary N) is 2. The number of amides is 1. The van der Waals surface area contributed by atoms with E-state index >= 15 is 0 Å². The van der Waals surface area contributed by atoms with Gasteiger partial charge in [0.25, 0.3) is 0 Å². The Bertz CT molecular complexity index is 596.